The van der Waals surface area contributed by atoms with Gasteiger partial charge in [-0.1, -0.05) is 24.3 Å². The highest BCUT2D eigenvalue weighted by molar-refractivity contribution is 6.09. The van der Waals surface area contributed by atoms with E-state index < -0.39 is 23.4 Å². The van der Waals surface area contributed by atoms with Crippen LogP contribution in [0, 0.1) is 0 Å². The molecule has 1 fully saturated rings. The Labute approximate surface area is 169 Å². The first-order valence-corrected chi connectivity index (χ1v) is 9.23. The number of benzene rings is 2. The van der Waals surface area contributed by atoms with E-state index in [-0.39, 0.29) is 6.54 Å². The minimum Gasteiger partial charge on any atom is -0.497 e. The van der Waals surface area contributed by atoms with Crippen LogP contribution in [0.4, 0.5) is 10.5 Å². The maximum absolute atomic E-state index is 12.9. The summed E-state index contributed by atoms with van der Waals surface area (Å²) in [6.07, 6.45) is 0.621. The minimum atomic E-state index is -1.23. The lowest BCUT2D eigenvalue weighted by molar-refractivity contribution is -0.134. The normalized spacial score (nSPS) is 18.5. The van der Waals surface area contributed by atoms with Crippen LogP contribution in [0.5, 0.6) is 5.75 Å². The van der Waals surface area contributed by atoms with Gasteiger partial charge in [-0.25, -0.2) is 4.79 Å². The van der Waals surface area contributed by atoms with Gasteiger partial charge in [0.05, 0.1) is 7.11 Å². The third-order valence-electron chi connectivity index (χ3n) is 4.96. The molecule has 0 bridgehead atoms. The lowest BCUT2D eigenvalue weighted by atomic mass is 9.92. The zero-order valence-corrected chi connectivity index (χ0v) is 16.4. The maximum atomic E-state index is 12.9. The number of urea groups is 1. The molecule has 4 amide bonds. The largest absolute Gasteiger partial charge is 0.497 e. The summed E-state index contributed by atoms with van der Waals surface area (Å²) in [4.78, 5) is 38.4. The van der Waals surface area contributed by atoms with Gasteiger partial charge in [-0.05, 0) is 48.7 Å². The van der Waals surface area contributed by atoms with E-state index in [4.69, 9.17) is 10.5 Å². The van der Waals surface area contributed by atoms with E-state index in [0.29, 0.717) is 30.0 Å². The van der Waals surface area contributed by atoms with Crippen LogP contribution in [-0.4, -0.2) is 42.9 Å². The molecule has 1 aliphatic rings. The molecule has 1 atom stereocenters. The van der Waals surface area contributed by atoms with E-state index in [1.807, 2.05) is 12.1 Å². The number of hydrogen-bond acceptors (Lipinski definition) is 5. The number of nitrogens with one attached hydrogen (secondary N) is 2. The van der Waals surface area contributed by atoms with Crippen molar-refractivity contribution in [3.05, 3.63) is 59.7 Å². The van der Waals surface area contributed by atoms with E-state index in [1.54, 1.807) is 50.4 Å². The third kappa shape index (κ3) is 4.31. The van der Waals surface area contributed by atoms with Crippen LogP contribution in [0.25, 0.3) is 0 Å². The van der Waals surface area contributed by atoms with Crippen LogP contribution < -0.4 is 21.1 Å². The molecule has 1 saturated heterocycles. The summed E-state index contributed by atoms with van der Waals surface area (Å²) in [7, 11) is 1.55. The molecule has 29 heavy (non-hydrogen) atoms. The molecule has 8 heteroatoms. The van der Waals surface area contributed by atoms with Crippen molar-refractivity contribution >= 4 is 23.5 Å². The van der Waals surface area contributed by atoms with Crippen molar-refractivity contribution in [1.29, 1.82) is 0 Å². The molecule has 1 unspecified atom stereocenters. The Morgan fingerprint density at radius 3 is 2.41 bits per heavy atom. The highest BCUT2D eigenvalue weighted by atomic mass is 16.5. The number of nitrogens with two attached hydrogens (primary N) is 1. The van der Waals surface area contributed by atoms with Gasteiger partial charge in [0.15, 0.2) is 0 Å². The second-order valence-electron chi connectivity index (χ2n) is 7.02. The van der Waals surface area contributed by atoms with E-state index in [2.05, 4.69) is 10.6 Å². The SMILES string of the molecule is COc1ccc(C2(C)NC(=O)N(CC(=O)NCCc3ccc(N)cc3)C2=O)cc1. The predicted octanol–water partition coefficient (Wildman–Crippen LogP) is 1.40. The average Bonchev–Trinajstić information content (AvgIpc) is 2.93. The molecule has 152 valence electrons. The second kappa shape index (κ2) is 8.22. The first-order valence-electron chi connectivity index (χ1n) is 9.23. The fraction of sp³-hybridized carbons (Fsp3) is 0.286. The van der Waals surface area contributed by atoms with Crippen molar-refractivity contribution in [2.45, 2.75) is 18.9 Å². The highest BCUT2D eigenvalue weighted by Gasteiger charge is 2.49. The number of amides is 4. The number of carbonyl (C=O) groups is 3. The van der Waals surface area contributed by atoms with Gasteiger partial charge in [-0.15, -0.1) is 0 Å². The third-order valence-corrected chi connectivity index (χ3v) is 4.96. The fourth-order valence-electron chi connectivity index (χ4n) is 3.19. The predicted molar refractivity (Wildman–Crippen MR) is 108 cm³/mol. The van der Waals surface area contributed by atoms with Gasteiger partial charge in [-0.3, -0.25) is 14.5 Å². The molecule has 2 aromatic carbocycles. The molecule has 2 aromatic rings. The molecule has 3 rings (SSSR count). The summed E-state index contributed by atoms with van der Waals surface area (Å²) in [6.45, 7) is 1.67. The number of nitrogens with zero attached hydrogens (tertiary/aromatic N) is 1. The molecule has 8 nitrogen and oxygen atoms in total. The Morgan fingerprint density at radius 1 is 1.14 bits per heavy atom. The van der Waals surface area contributed by atoms with E-state index in [0.717, 1.165) is 10.5 Å². The lowest BCUT2D eigenvalue weighted by Crippen LogP contribution is -2.43. The Balaban J connectivity index is 1.58. The van der Waals surface area contributed by atoms with Gasteiger partial charge in [0.2, 0.25) is 5.91 Å². The topological polar surface area (TPSA) is 114 Å². The van der Waals surface area contributed by atoms with Crippen LogP contribution in [-0.2, 0) is 21.5 Å². The van der Waals surface area contributed by atoms with Crippen molar-refractivity contribution in [2.24, 2.45) is 0 Å². The van der Waals surface area contributed by atoms with Gasteiger partial charge < -0.3 is 21.1 Å². The Kier molecular flexibility index (Phi) is 5.72. The monoisotopic (exact) mass is 396 g/mol. The molecule has 0 aliphatic carbocycles. The molecule has 0 aromatic heterocycles. The van der Waals surface area contributed by atoms with Gasteiger partial charge in [0, 0.05) is 12.2 Å². The highest BCUT2D eigenvalue weighted by Crippen LogP contribution is 2.29. The number of anilines is 1. The molecule has 0 spiro atoms. The second-order valence-corrected chi connectivity index (χ2v) is 7.02. The number of imide groups is 1. The van der Waals surface area contributed by atoms with Gasteiger partial charge in [-0.2, -0.15) is 0 Å². The zero-order valence-electron chi connectivity index (χ0n) is 16.4. The number of ether oxygens (including phenoxy) is 1. The summed E-state index contributed by atoms with van der Waals surface area (Å²) in [5, 5.41) is 5.42. The van der Waals surface area contributed by atoms with Crippen molar-refractivity contribution < 1.29 is 19.1 Å². The number of nitrogen functional groups attached to an aromatic ring is 1. The standard InChI is InChI=1S/C21H24N4O4/c1-21(15-5-9-17(29-2)10-6-15)19(27)25(20(28)24-21)13-18(26)23-12-11-14-3-7-16(22)8-4-14/h3-10H,11-13,22H2,1-2H3,(H,23,26)(H,24,28). The van der Waals surface area contributed by atoms with Gasteiger partial charge in [0.25, 0.3) is 5.91 Å². The smallest absolute Gasteiger partial charge is 0.325 e. The van der Waals surface area contributed by atoms with Crippen LogP contribution in [0.15, 0.2) is 48.5 Å². The van der Waals surface area contributed by atoms with Crippen molar-refractivity contribution in [2.75, 3.05) is 25.9 Å². The molecular formula is C21H24N4O4. The fourth-order valence-corrected chi connectivity index (χ4v) is 3.19. The van der Waals surface area contributed by atoms with Crippen molar-refractivity contribution in [3.63, 3.8) is 0 Å². The number of methoxy groups -OCH3 is 1. The average molecular weight is 396 g/mol. The van der Waals surface area contributed by atoms with E-state index in [1.165, 1.54) is 0 Å². The molecule has 1 heterocycles. The van der Waals surface area contributed by atoms with Crippen molar-refractivity contribution in [1.82, 2.24) is 15.5 Å². The number of hydrogen-bond donors (Lipinski definition) is 3. The molecule has 4 N–H and O–H groups in total. The number of carbonyl (C=O) groups excluding carboxylic acids is 3. The minimum absolute atomic E-state index is 0.335. The summed E-state index contributed by atoms with van der Waals surface area (Å²) in [5.74, 6) is -0.226. The van der Waals surface area contributed by atoms with E-state index in [9.17, 15) is 14.4 Å². The molecule has 0 radical (unpaired) electrons. The Morgan fingerprint density at radius 2 is 1.79 bits per heavy atom. The molecule has 0 saturated carbocycles. The Bertz CT molecular complexity index is 911. The summed E-state index contributed by atoms with van der Waals surface area (Å²) >= 11 is 0. The zero-order chi connectivity index (χ0) is 21.0. The number of rotatable bonds is 7. The summed E-state index contributed by atoms with van der Waals surface area (Å²) in [5.41, 5.74) is 6.74. The van der Waals surface area contributed by atoms with E-state index >= 15 is 0 Å². The maximum Gasteiger partial charge on any atom is 0.325 e. The van der Waals surface area contributed by atoms with Crippen LogP contribution in [0.3, 0.4) is 0 Å². The molecule has 1 aliphatic heterocycles. The van der Waals surface area contributed by atoms with Crippen LogP contribution in [0.1, 0.15) is 18.1 Å². The quantitative estimate of drug-likeness (QED) is 0.484. The van der Waals surface area contributed by atoms with Gasteiger partial charge >= 0.3 is 6.03 Å². The summed E-state index contributed by atoms with van der Waals surface area (Å²) < 4.78 is 5.12. The van der Waals surface area contributed by atoms with Gasteiger partial charge in [0.1, 0.15) is 17.8 Å². The molecular weight excluding hydrogens is 372 g/mol. The Hall–Kier alpha value is -3.55. The summed E-state index contributed by atoms with van der Waals surface area (Å²) in [6, 6.07) is 13.6. The van der Waals surface area contributed by atoms with Crippen LogP contribution >= 0.6 is 0 Å². The lowest BCUT2D eigenvalue weighted by Gasteiger charge is -2.22. The van der Waals surface area contributed by atoms with Crippen molar-refractivity contribution in [3.8, 4) is 5.75 Å². The van der Waals surface area contributed by atoms with Crippen LogP contribution in [0.2, 0.25) is 0 Å². The first kappa shape index (κ1) is 20.2. The first-order chi connectivity index (χ1) is 13.8.